The molecule has 0 aliphatic carbocycles. The van der Waals surface area contributed by atoms with Gasteiger partial charge in [0, 0.05) is 0 Å². The predicted octanol–water partition coefficient (Wildman–Crippen LogP) is 1.69. The predicted molar refractivity (Wildman–Crippen MR) is 40.7 cm³/mol. The van der Waals surface area contributed by atoms with Crippen molar-refractivity contribution in [2.75, 3.05) is 5.75 Å². The van der Waals surface area contributed by atoms with Gasteiger partial charge in [-0.2, -0.15) is 8.42 Å². The van der Waals surface area contributed by atoms with Crippen molar-refractivity contribution in [3.63, 3.8) is 0 Å². The highest BCUT2D eigenvalue weighted by Crippen LogP contribution is 2.11. The SMILES string of the molecule is CCCCS(=O)(=O)OC(F)C(F)F. The van der Waals surface area contributed by atoms with Gasteiger partial charge in [0.2, 0.25) is 0 Å². The quantitative estimate of drug-likeness (QED) is 0.640. The van der Waals surface area contributed by atoms with E-state index in [2.05, 4.69) is 4.18 Å². The molecule has 0 N–H and O–H groups in total. The highest BCUT2D eigenvalue weighted by Gasteiger charge is 2.26. The highest BCUT2D eigenvalue weighted by atomic mass is 32.2. The van der Waals surface area contributed by atoms with Crippen LogP contribution < -0.4 is 0 Å². The summed E-state index contributed by atoms with van der Waals surface area (Å²) in [7, 11) is -4.14. The third-order valence-corrected chi connectivity index (χ3v) is 2.45. The lowest BCUT2D eigenvalue weighted by Crippen LogP contribution is -2.22. The first kappa shape index (κ1) is 12.7. The molecule has 13 heavy (non-hydrogen) atoms. The lowest BCUT2D eigenvalue weighted by atomic mass is 10.4. The van der Waals surface area contributed by atoms with Crippen molar-refractivity contribution in [1.82, 2.24) is 0 Å². The summed E-state index contributed by atoms with van der Waals surface area (Å²) in [6.45, 7) is 1.72. The molecule has 0 heterocycles. The third kappa shape index (κ3) is 5.87. The van der Waals surface area contributed by atoms with E-state index in [1.807, 2.05) is 0 Å². The second kappa shape index (κ2) is 5.43. The van der Waals surface area contributed by atoms with E-state index >= 15 is 0 Å². The van der Waals surface area contributed by atoms with E-state index in [0.29, 0.717) is 6.42 Å². The van der Waals surface area contributed by atoms with E-state index in [-0.39, 0.29) is 6.42 Å². The Bertz CT molecular complexity index is 227. The Hall–Kier alpha value is -0.300. The number of alkyl halides is 3. The molecule has 0 aromatic carbocycles. The third-order valence-electron chi connectivity index (χ3n) is 1.18. The van der Waals surface area contributed by atoms with Crippen LogP contribution in [0.1, 0.15) is 19.8 Å². The Kier molecular flexibility index (Phi) is 5.31. The molecule has 0 rings (SSSR count). The number of hydrogen-bond donors (Lipinski definition) is 0. The maximum Gasteiger partial charge on any atom is 0.294 e. The first-order valence-corrected chi connectivity index (χ1v) is 5.30. The molecule has 80 valence electrons. The van der Waals surface area contributed by atoms with Crippen molar-refractivity contribution in [3.05, 3.63) is 0 Å². The van der Waals surface area contributed by atoms with Gasteiger partial charge in [0.25, 0.3) is 22.9 Å². The minimum Gasteiger partial charge on any atom is -0.227 e. The molecule has 0 aromatic rings. The zero-order valence-corrected chi connectivity index (χ0v) is 7.86. The van der Waals surface area contributed by atoms with Gasteiger partial charge >= 0.3 is 0 Å². The van der Waals surface area contributed by atoms with Crippen LogP contribution >= 0.6 is 0 Å². The average Bonchev–Trinajstić information content (AvgIpc) is 2.00. The van der Waals surface area contributed by atoms with Gasteiger partial charge in [0.15, 0.2) is 0 Å². The van der Waals surface area contributed by atoms with E-state index < -0.39 is 28.7 Å². The monoisotopic (exact) mass is 220 g/mol. The zero-order valence-electron chi connectivity index (χ0n) is 7.04. The first-order valence-electron chi connectivity index (χ1n) is 3.72. The van der Waals surface area contributed by atoms with Crippen molar-refractivity contribution < 1.29 is 25.8 Å². The Labute approximate surface area is 75.0 Å². The molecule has 7 heteroatoms. The Morgan fingerprint density at radius 1 is 1.31 bits per heavy atom. The lowest BCUT2D eigenvalue weighted by Gasteiger charge is -2.08. The minimum atomic E-state index is -4.14. The summed E-state index contributed by atoms with van der Waals surface area (Å²) < 4.78 is 60.1. The normalized spacial score (nSPS) is 14.8. The smallest absolute Gasteiger partial charge is 0.227 e. The number of halogens is 3. The maximum atomic E-state index is 12.1. The van der Waals surface area contributed by atoms with Gasteiger partial charge in [0.05, 0.1) is 5.75 Å². The van der Waals surface area contributed by atoms with Crippen molar-refractivity contribution >= 4 is 10.1 Å². The summed E-state index contributed by atoms with van der Waals surface area (Å²) in [5.74, 6) is -0.434. The molecule has 0 radical (unpaired) electrons. The highest BCUT2D eigenvalue weighted by molar-refractivity contribution is 7.86. The molecule has 3 nitrogen and oxygen atoms in total. The van der Waals surface area contributed by atoms with Crippen LogP contribution in [-0.2, 0) is 14.3 Å². The van der Waals surface area contributed by atoms with Gasteiger partial charge in [-0.05, 0) is 6.42 Å². The van der Waals surface area contributed by atoms with Gasteiger partial charge in [-0.3, -0.25) is 0 Å². The van der Waals surface area contributed by atoms with Crippen LogP contribution in [0.4, 0.5) is 13.2 Å². The van der Waals surface area contributed by atoms with Gasteiger partial charge in [-0.25, -0.2) is 17.4 Å². The molecule has 1 atom stereocenters. The summed E-state index contributed by atoms with van der Waals surface area (Å²) in [6, 6.07) is 0. The summed E-state index contributed by atoms with van der Waals surface area (Å²) in [5.41, 5.74) is 0. The Morgan fingerprint density at radius 2 is 1.85 bits per heavy atom. The van der Waals surface area contributed by atoms with E-state index in [9.17, 15) is 21.6 Å². The van der Waals surface area contributed by atoms with Crippen LogP contribution in [0.2, 0.25) is 0 Å². The van der Waals surface area contributed by atoms with Crippen molar-refractivity contribution in [2.24, 2.45) is 0 Å². The van der Waals surface area contributed by atoms with Crippen LogP contribution in [-0.4, -0.2) is 27.0 Å². The van der Waals surface area contributed by atoms with Crippen molar-refractivity contribution in [3.8, 4) is 0 Å². The van der Waals surface area contributed by atoms with Gasteiger partial charge in [-0.1, -0.05) is 13.3 Å². The summed E-state index contributed by atoms with van der Waals surface area (Å²) in [4.78, 5) is 0. The molecule has 1 unspecified atom stereocenters. The molecule has 0 saturated heterocycles. The average molecular weight is 220 g/mol. The van der Waals surface area contributed by atoms with Crippen molar-refractivity contribution in [2.45, 2.75) is 32.5 Å². The number of rotatable bonds is 6. The van der Waals surface area contributed by atoms with Crippen LogP contribution in [0.5, 0.6) is 0 Å². The standard InChI is InChI=1S/C6H11F3O3S/c1-2-3-4-13(10,11)12-6(9)5(7)8/h5-6H,2-4H2,1H3. The van der Waals surface area contributed by atoms with E-state index in [1.165, 1.54) is 0 Å². The largest absolute Gasteiger partial charge is 0.294 e. The summed E-state index contributed by atoms with van der Waals surface area (Å²) in [5, 5.41) is 0. The van der Waals surface area contributed by atoms with Crippen LogP contribution in [0.3, 0.4) is 0 Å². The van der Waals surface area contributed by atoms with E-state index in [0.717, 1.165) is 0 Å². The second-order valence-electron chi connectivity index (χ2n) is 2.40. The molecule has 0 fully saturated rings. The zero-order chi connectivity index (χ0) is 10.5. The molecule has 0 bridgehead atoms. The van der Waals surface area contributed by atoms with Crippen LogP contribution in [0.25, 0.3) is 0 Å². The molecule has 0 aliphatic heterocycles. The maximum absolute atomic E-state index is 12.1. The van der Waals surface area contributed by atoms with Crippen LogP contribution in [0.15, 0.2) is 0 Å². The number of unbranched alkanes of at least 4 members (excludes halogenated alkanes) is 1. The molecule has 0 aliphatic rings. The summed E-state index contributed by atoms with van der Waals surface area (Å²) in [6.07, 6.45) is -5.66. The van der Waals surface area contributed by atoms with Crippen LogP contribution in [0, 0.1) is 0 Å². The van der Waals surface area contributed by atoms with E-state index in [1.54, 1.807) is 6.92 Å². The van der Waals surface area contributed by atoms with Crippen molar-refractivity contribution in [1.29, 1.82) is 0 Å². The second-order valence-corrected chi connectivity index (χ2v) is 4.11. The summed E-state index contributed by atoms with van der Waals surface area (Å²) >= 11 is 0. The molecule has 0 spiro atoms. The minimum absolute atomic E-state index is 0.262. The topological polar surface area (TPSA) is 43.4 Å². The van der Waals surface area contributed by atoms with E-state index in [4.69, 9.17) is 0 Å². The lowest BCUT2D eigenvalue weighted by molar-refractivity contribution is -0.0632. The molecule has 0 amide bonds. The molecular weight excluding hydrogens is 209 g/mol. The molecular formula is C6H11F3O3S. The Balaban J connectivity index is 4.02. The van der Waals surface area contributed by atoms with Gasteiger partial charge in [0.1, 0.15) is 0 Å². The number of hydrogen-bond acceptors (Lipinski definition) is 3. The van der Waals surface area contributed by atoms with Gasteiger partial charge < -0.3 is 0 Å². The fraction of sp³-hybridized carbons (Fsp3) is 1.00. The fourth-order valence-corrected chi connectivity index (χ4v) is 1.65. The Morgan fingerprint density at radius 3 is 2.23 bits per heavy atom. The fourth-order valence-electron chi connectivity index (χ4n) is 0.551. The molecule has 0 saturated carbocycles. The first-order chi connectivity index (χ1) is 5.89. The molecule has 0 aromatic heterocycles. The van der Waals surface area contributed by atoms with Gasteiger partial charge in [-0.15, -0.1) is 0 Å².